The third-order valence-electron chi connectivity index (χ3n) is 0.717. The summed E-state index contributed by atoms with van der Waals surface area (Å²) in [7, 11) is 0. The Bertz CT molecular complexity index is 156. The molecular weight excluding hydrogens is 134 g/mol. The second kappa shape index (κ2) is 3.66. The number of carbonyl (C=O) groups excluding carboxylic acids is 1. The van der Waals surface area contributed by atoms with Gasteiger partial charge in [-0.05, 0) is 0 Å². The van der Waals surface area contributed by atoms with E-state index in [9.17, 15) is 9.59 Å². The maximum absolute atomic E-state index is 10.3. The summed E-state index contributed by atoms with van der Waals surface area (Å²) in [5, 5.41) is 10.4. The van der Waals surface area contributed by atoms with Crippen LogP contribution in [0.4, 0.5) is 0 Å². The van der Waals surface area contributed by atoms with Crippen molar-refractivity contribution in [1.29, 1.82) is 0 Å². The highest BCUT2D eigenvalue weighted by Crippen LogP contribution is 1.90. The molecule has 4 nitrogen and oxygen atoms in total. The molecule has 56 valence electrons. The van der Waals surface area contributed by atoms with Gasteiger partial charge in [0.2, 0.25) is 5.91 Å². The Labute approximate surface area is 58.5 Å². The zero-order chi connectivity index (χ0) is 8.15. The first-order chi connectivity index (χ1) is 4.52. The lowest BCUT2D eigenvalue weighted by atomic mass is 10.3. The van der Waals surface area contributed by atoms with Crippen molar-refractivity contribution in [3.8, 4) is 0 Å². The van der Waals surface area contributed by atoms with E-state index in [1.807, 2.05) is 0 Å². The molecule has 0 aromatic carbocycles. The van der Waals surface area contributed by atoms with Crippen LogP contribution >= 0.6 is 0 Å². The number of carboxylic acids is 1. The van der Waals surface area contributed by atoms with Crippen LogP contribution in [0.2, 0.25) is 0 Å². The average Bonchev–Trinajstić information content (AvgIpc) is 1.58. The largest absolute Gasteiger partial charge is 0.481 e. The van der Waals surface area contributed by atoms with Crippen LogP contribution in [0.15, 0.2) is 12.3 Å². The zero-order valence-corrected chi connectivity index (χ0v) is 5.68. The highest BCUT2D eigenvalue weighted by atomic mass is 16.4. The van der Waals surface area contributed by atoms with Crippen molar-refractivity contribution in [3.63, 3.8) is 0 Å². The van der Waals surface area contributed by atoms with Crippen LogP contribution in [0, 0.1) is 0 Å². The molecule has 10 heavy (non-hydrogen) atoms. The minimum Gasteiger partial charge on any atom is -0.481 e. The summed E-state index contributed by atoms with van der Waals surface area (Å²) in [6, 6.07) is 0. The summed E-state index contributed by atoms with van der Waals surface area (Å²) in [6.45, 7) is 4.62. The second-order valence-electron chi connectivity index (χ2n) is 1.86. The molecule has 0 unspecified atom stereocenters. The molecule has 0 heterocycles. The van der Waals surface area contributed by atoms with Crippen molar-refractivity contribution in [3.05, 3.63) is 12.3 Å². The third kappa shape index (κ3) is 4.83. The van der Waals surface area contributed by atoms with Gasteiger partial charge in [0, 0.05) is 12.6 Å². The average molecular weight is 143 g/mol. The van der Waals surface area contributed by atoms with Gasteiger partial charge in [-0.2, -0.15) is 0 Å². The van der Waals surface area contributed by atoms with Gasteiger partial charge in [-0.25, -0.2) is 0 Å². The Kier molecular flexibility index (Phi) is 3.17. The summed E-state index contributed by atoms with van der Waals surface area (Å²) in [5.74, 6) is -1.30. The molecule has 0 bridgehead atoms. The van der Waals surface area contributed by atoms with Gasteiger partial charge in [-0.1, -0.05) is 6.58 Å². The summed E-state index contributed by atoms with van der Waals surface area (Å²) < 4.78 is 0. The molecule has 0 aliphatic rings. The number of carboxylic acid groups (broad SMARTS) is 1. The minimum absolute atomic E-state index is 0.208. The van der Waals surface area contributed by atoms with Crippen molar-refractivity contribution in [2.45, 2.75) is 13.3 Å². The van der Waals surface area contributed by atoms with E-state index in [4.69, 9.17) is 5.11 Å². The second-order valence-corrected chi connectivity index (χ2v) is 1.86. The molecule has 0 spiro atoms. The van der Waals surface area contributed by atoms with E-state index in [0.29, 0.717) is 0 Å². The third-order valence-corrected chi connectivity index (χ3v) is 0.717. The lowest BCUT2D eigenvalue weighted by molar-refractivity contribution is -0.136. The van der Waals surface area contributed by atoms with E-state index in [2.05, 4.69) is 11.9 Å². The summed E-state index contributed by atoms with van der Waals surface area (Å²) in [5.41, 5.74) is 0.208. The Morgan fingerprint density at radius 3 is 2.40 bits per heavy atom. The maximum Gasteiger partial charge on any atom is 0.309 e. The number of aliphatic carboxylic acids is 1. The molecule has 0 rings (SSSR count). The van der Waals surface area contributed by atoms with Gasteiger partial charge in [0.25, 0.3) is 0 Å². The van der Waals surface area contributed by atoms with Gasteiger partial charge in [-0.15, -0.1) is 0 Å². The van der Waals surface area contributed by atoms with Crippen molar-refractivity contribution < 1.29 is 14.7 Å². The van der Waals surface area contributed by atoms with E-state index < -0.39 is 5.97 Å². The number of hydrogen-bond acceptors (Lipinski definition) is 2. The smallest absolute Gasteiger partial charge is 0.309 e. The molecule has 1 amide bonds. The maximum atomic E-state index is 10.3. The normalized spacial score (nSPS) is 8.50. The molecule has 0 radical (unpaired) electrons. The fraction of sp³-hybridized carbons (Fsp3) is 0.333. The number of hydrogen-bond donors (Lipinski definition) is 2. The Balaban J connectivity index is 3.65. The molecule has 0 aliphatic heterocycles. The molecule has 0 atom stereocenters. The fourth-order valence-corrected chi connectivity index (χ4v) is 0.476. The lowest BCUT2D eigenvalue weighted by Crippen LogP contribution is -2.20. The van der Waals surface area contributed by atoms with Crippen molar-refractivity contribution in [2.75, 3.05) is 0 Å². The van der Waals surface area contributed by atoms with Gasteiger partial charge in [0.15, 0.2) is 0 Å². The number of carbonyl (C=O) groups is 2. The minimum atomic E-state index is -1.00. The standard InChI is InChI=1S/C6H9NO3/c1-4(3-6(9)10)7-5(2)8/h1,3H2,2H3,(H,7,8)(H,9,10). The first-order valence-corrected chi connectivity index (χ1v) is 2.69. The first-order valence-electron chi connectivity index (χ1n) is 2.69. The molecule has 0 saturated heterocycles. The topological polar surface area (TPSA) is 66.4 Å². The van der Waals surface area contributed by atoms with E-state index in [-0.39, 0.29) is 18.0 Å². The molecule has 2 N–H and O–H groups in total. The summed E-state index contributed by atoms with van der Waals surface area (Å²) in [6.07, 6.45) is -0.223. The van der Waals surface area contributed by atoms with Crippen LogP contribution in [-0.4, -0.2) is 17.0 Å². The van der Waals surface area contributed by atoms with Crippen LogP contribution < -0.4 is 5.32 Å². The van der Waals surface area contributed by atoms with Gasteiger partial charge in [-0.3, -0.25) is 9.59 Å². The number of rotatable bonds is 3. The quantitative estimate of drug-likeness (QED) is 0.589. The molecule has 4 heteroatoms. The Hall–Kier alpha value is -1.32. The van der Waals surface area contributed by atoms with Crippen molar-refractivity contribution >= 4 is 11.9 Å². The summed E-state index contributed by atoms with van der Waals surface area (Å²) >= 11 is 0. The van der Waals surface area contributed by atoms with Gasteiger partial charge < -0.3 is 10.4 Å². The van der Waals surface area contributed by atoms with Crippen molar-refractivity contribution in [1.82, 2.24) is 5.32 Å². The predicted molar refractivity (Wildman–Crippen MR) is 35.2 cm³/mol. The van der Waals surface area contributed by atoms with Crippen LogP contribution in [-0.2, 0) is 9.59 Å². The fourth-order valence-electron chi connectivity index (χ4n) is 0.476. The van der Waals surface area contributed by atoms with E-state index in [1.165, 1.54) is 6.92 Å². The van der Waals surface area contributed by atoms with E-state index >= 15 is 0 Å². The molecule has 0 aromatic rings. The molecule has 0 saturated carbocycles. The van der Waals surface area contributed by atoms with E-state index in [0.717, 1.165) is 0 Å². The van der Waals surface area contributed by atoms with Crippen LogP contribution in [0.1, 0.15) is 13.3 Å². The molecular formula is C6H9NO3. The Morgan fingerprint density at radius 2 is 2.10 bits per heavy atom. The highest BCUT2D eigenvalue weighted by Gasteiger charge is 2.01. The molecule has 0 aliphatic carbocycles. The SMILES string of the molecule is C=C(CC(=O)O)NC(C)=O. The molecule has 0 aromatic heterocycles. The number of amides is 1. The predicted octanol–water partition coefficient (Wildman–Crippen LogP) is 0.111. The Morgan fingerprint density at radius 1 is 1.60 bits per heavy atom. The van der Waals surface area contributed by atoms with Crippen molar-refractivity contribution in [2.24, 2.45) is 0 Å². The first kappa shape index (κ1) is 8.68. The van der Waals surface area contributed by atoms with Crippen LogP contribution in [0.25, 0.3) is 0 Å². The van der Waals surface area contributed by atoms with E-state index in [1.54, 1.807) is 0 Å². The highest BCUT2D eigenvalue weighted by molar-refractivity contribution is 5.77. The zero-order valence-electron chi connectivity index (χ0n) is 5.68. The van der Waals surface area contributed by atoms with Crippen LogP contribution in [0.3, 0.4) is 0 Å². The van der Waals surface area contributed by atoms with Crippen LogP contribution in [0.5, 0.6) is 0 Å². The molecule has 0 fully saturated rings. The van der Waals surface area contributed by atoms with Gasteiger partial charge >= 0.3 is 5.97 Å². The van der Waals surface area contributed by atoms with Gasteiger partial charge in [0.05, 0.1) is 6.42 Å². The lowest BCUT2D eigenvalue weighted by Gasteiger charge is -2.00. The monoisotopic (exact) mass is 143 g/mol. The van der Waals surface area contributed by atoms with Gasteiger partial charge in [0.1, 0.15) is 0 Å². The summed E-state index contributed by atoms with van der Waals surface area (Å²) in [4.78, 5) is 20.2. The number of nitrogens with one attached hydrogen (secondary N) is 1.